The molecule has 1 aromatic rings. The number of hydrogen-bond acceptors (Lipinski definition) is 8. The number of benzene rings is 1. The van der Waals surface area contributed by atoms with Crippen LogP contribution in [0.5, 0.6) is 0 Å². The molecule has 0 fully saturated rings. The molecule has 0 heterocycles. The second-order valence-electron chi connectivity index (χ2n) is 4.46. The van der Waals surface area contributed by atoms with E-state index in [2.05, 4.69) is 20.4 Å². The molecule has 25 heavy (non-hydrogen) atoms. The Morgan fingerprint density at radius 2 is 2.08 bits per heavy atom. The van der Waals surface area contributed by atoms with Gasteiger partial charge in [0, 0.05) is 6.07 Å². The lowest BCUT2D eigenvalue weighted by molar-refractivity contribution is -0.384. The molecular formula is C13H13F3N4O5. The van der Waals surface area contributed by atoms with E-state index in [1.165, 1.54) is 13.8 Å². The average molecular weight is 362 g/mol. The van der Waals surface area contributed by atoms with Crippen molar-refractivity contribution in [2.75, 3.05) is 12.0 Å². The highest BCUT2D eigenvalue weighted by Crippen LogP contribution is 2.34. The van der Waals surface area contributed by atoms with Gasteiger partial charge in [-0.05, 0) is 26.0 Å². The Labute approximate surface area is 138 Å². The van der Waals surface area contributed by atoms with Crippen molar-refractivity contribution in [2.45, 2.75) is 20.0 Å². The van der Waals surface area contributed by atoms with E-state index >= 15 is 0 Å². The Morgan fingerprint density at radius 1 is 1.44 bits per heavy atom. The molecule has 2 N–H and O–H groups in total. The molecule has 0 aliphatic heterocycles. The molecule has 9 nitrogen and oxygen atoms in total. The predicted molar refractivity (Wildman–Crippen MR) is 80.7 cm³/mol. The van der Waals surface area contributed by atoms with E-state index in [1.54, 1.807) is 0 Å². The Morgan fingerprint density at radius 3 is 2.56 bits per heavy atom. The van der Waals surface area contributed by atoms with Crippen molar-refractivity contribution >= 4 is 28.8 Å². The molecule has 0 unspecified atom stereocenters. The number of nitro benzene ring substituents is 1. The van der Waals surface area contributed by atoms with Gasteiger partial charge >= 0.3 is 12.1 Å². The zero-order valence-corrected chi connectivity index (χ0v) is 13.0. The third-order valence-electron chi connectivity index (χ3n) is 2.78. The van der Waals surface area contributed by atoms with Gasteiger partial charge in [0.1, 0.15) is 5.69 Å². The van der Waals surface area contributed by atoms with Crippen molar-refractivity contribution < 1.29 is 32.8 Å². The highest BCUT2D eigenvalue weighted by atomic mass is 19.4. The molecule has 12 heteroatoms. The van der Waals surface area contributed by atoms with Crippen LogP contribution >= 0.6 is 0 Å². The SMILES string of the molecule is CCOC(=O)C(=N/O)/C(C)=N\Nc1ccc(C(F)(F)F)cc1[N+](=O)[O-]. The molecule has 0 saturated heterocycles. The lowest BCUT2D eigenvalue weighted by Crippen LogP contribution is -2.25. The van der Waals surface area contributed by atoms with Gasteiger partial charge in [0.15, 0.2) is 0 Å². The molecular weight excluding hydrogens is 349 g/mol. The summed E-state index contributed by atoms with van der Waals surface area (Å²) in [5, 5.41) is 26.1. The van der Waals surface area contributed by atoms with Crippen molar-refractivity contribution in [2.24, 2.45) is 10.3 Å². The fraction of sp³-hybridized carbons (Fsp3) is 0.308. The number of hydrazone groups is 1. The largest absolute Gasteiger partial charge is 0.461 e. The summed E-state index contributed by atoms with van der Waals surface area (Å²) in [7, 11) is 0. The molecule has 0 aromatic heterocycles. The van der Waals surface area contributed by atoms with E-state index in [0.29, 0.717) is 12.1 Å². The number of nitro groups is 1. The Bertz CT molecular complexity index is 731. The lowest BCUT2D eigenvalue weighted by atomic mass is 10.1. The summed E-state index contributed by atoms with van der Waals surface area (Å²) in [4.78, 5) is 21.4. The van der Waals surface area contributed by atoms with Gasteiger partial charge in [0.2, 0.25) is 5.71 Å². The fourth-order valence-electron chi connectivity index (χ4n) is 1.61. The maximum atomic E-state index is 12.6. The summed E-state index contributed by atoms with van der Waals surface area (Å²) >= 11 is 0. The van der Waals surface area contributed by atoms with Crippen LogP contribution in [0.15, 0.2) is 28.5 Å². The van der Waals surface area contributed by atoms with Crippen LogP contribution in [-0.4, -0.2) is 34.1 Å². The molecule has 0 atom stereocenters. The monoisotopic (exact) mass is 362 g/mol. The fourth-order valence-corrected chi connectivity index (χ4v) is 1.61. The Balaban J connectivity index is 3.14. The van der Waals surface area contributed by atoms with Gasteiger partial charge in [0.25, 0.3) is 5.69 Å². The number of oxime groups is 1. The summed E-state index contributed by atoms with van der Waals surface area (Å²) in [5.74, 6) is -0.991. The molecule has 0 radical (unpaired) electrons. The first-order valence-electron chi connectivity index (χ1n) is 6.67. The molecule has 0 spiro atoms. The molecule has 0 aliphatic carbocycles. The van der Waals surface area contributed by atoms with Crippen LogP contribution in [0.1, 0.15) is 19.4 Å². The highest BCUT2D eigenvalue weighted by Gasteiger charge is 2.33. The number of alkyl halides is 3. The molecule has 1 rings (SSSR count). The van der Waals surface area contributed by atoms with E-state index in [-0.39, 0.29) is 18.0 Å². The number of carbonyl (C=O) groups excluding carboxylic acids is 1. The highest BCUT2D eigenvalue weighted by molar-refractivity contribution is 6.65. The summed E-state index contributed by atoms with van der Waals surface area (Å²) in [6.45, 7) is 2.75. The quantitative estimate of drug-likeness (QED) is 0.263. The van der Waals surface area contributed by atoms with E-state index in [1.807, 2.05) is 0 Å². The standard InChI is InChI=1S/C13H13F3N4O5/c1-3-25-12(21)11(19-22)7(2)17-18-9-5-4-8(13(14,15)16)6-10(9)20(23)24/h4-6,18,22H,3H2,1-2H3/b17-7-,19-11+. The van der Waals surface area contributed by atoms with E-state index in [0.717, 1.165) is 6.07 Å². The topological polar surface area (TPSA) is 126 Å². The number of nitrogens with one attached hydrogen (secondary N) is 1. The van der Waals surface area contributed by atoms with Crippen molar-refractivity contribution in [3.8, 4) is 0 Å². The van der Waals surface area contributed by atoms with Gasteiger partial charge in [-0.2, -0.15) is 18.3 Å². The molecule has 1 aromatic carbocycles. The van der Waals surface area contributed by atoms with Crippen LogP contribution in [0.25, 0.3) is 0 Å². The van der Waals surface area contributed by atoms with Crippen LogP contribution in [0.4, 0.5) is 24.5 Å². The van der Waals surface area contributed by atoms with Crippen LogP contribution in [0.2, 0.25) is 0 Å². The van der Waals surface area contributed by atoms with Gasteiger partial charge in [-0.1, -0.05) is 5.16 Å². The number of anilines is 1. The number of esters is 1. The maximum Gasteiger partial charge on any atom is 0.416 e. The summed E-state index contributed by atoms with van der Waals surface area (Å²) in [6, 6.07) is 1.80. The second-order valence-corrected chi connectivity index (χ2v) is 4.46. The first-order valence-corrected chi connectivity index (χ1v) is 6.67. The Kier molecular flexibility index (Phi) is 6.42. The summed E-state index contributed by atoms with van der Waals surface area (Å²) in [6.07, 6.45) is -4.75. The maximum absolute atomic E-state index is 12.6. The number of ether oxygens (including phenoxy) is 1. The number of rotatable bonds is 6. The van der Waals surface area contributed by atoms with Crippen LogP contribution < -0.4 is 5.43 Å². The number of halogens is 3. The summed E-state index contributed by atoms with van der Waals surface area (Å²) in [5.41, 5.74) is -1.02. The lowest BCUT2D eigenvalue weighted by Gasteiger charge is -2.09. The van der Waals surface area contributed by atoms with Crippen molar-refractivity contribution in [3.05, 3.63) is 33.9 Å². The van der Waals surface area contributed by atoms with Crippen molar-refractivity contribution in [3.63, 3.8) is 0 Å². The van der Waals surface area contributed by atoms with Crippen LogP contribution in [0, 0.1) is 10.1 Å². The van der Waals surface area contributed by atoms with Crippen LogP contribution in [0.3, 0.4) is 0 Å². The number of hydrogen-bond donors (Lipinski definition) is 2. The van der Waals surface area contributed by atoms with E-state index < -0.39 is 34.0 Å². The van der Waals surface area contributed by atoms with Crippen molar-refractivity contribution in [1.82, 2.24) is 0 Å². The normalized spacial score (nSPS) is 12.7. The van der Waals surface area contributed by atoms with Gasteiger partial charge in [0.05, 0.1) is 22.8 Å². The molecule has 0 saturated carbocycles. The van der Waals surface area contributed by atoms with Gasteiger partial charge in [-0.15, -0.1) is 0 Å². The van der Waals surface area contributed by atoms with E-state index in [4.69, 9.17) is 5.21 Å². The first-order chi connectivity index (χ1) is 11.6. The van der Waals surface area contributed by atoms with Gasteiger partial charge in [-0.3, -0.25) is 15.5 Å². The van der Waals surface area contributed by atoms with E-state index in [9.17, 15) is 28.1 Å². The zero-order chi connectivity index (χ0) is 19.2. The Hall–Kier alpha value is -3.18. The minimum absolute atomic E-state index is 0.00291. The molecule has 0 amide bonds. The second kappa shape index (κ2) is 8.08. The van der Waals surface area contributed by atoms with Gasteiger partial charge < -0.3 is 9.94 Å². The summed E-state index contributed by atoms with van der Waals surface area (Å²) < 4.78 is 42.5. The first kappa shape index (κ1) is 19.9. The molecule has 0 bridgehead atoms. The average Bonchev–Trinajstić information content (AvgIpc) is 2.52. The minimum atomic E-state index is -4.75. The number of nitrogens with zero attached hydrogens (tertiary/aromatic N) is 3. The van der Waals surface area contributed by atoms with Crippen molar-refractivity contribution in [1.29, 1.82) is 0 Å². The molecule has 0 aliphatic rings. The third-order valence-corrected chi connectivity index (χ3v) is 2.78. The number of carbonyl (C=O) groups is 1. The third kappa shape index (κ3) is 5.16. The zero-order valence-electron chi connectivity index (χ0n) is 13.0. The predicted octanol–water partition coefficient (Wildman–Crippen LogP) is 2.79. The smallest absolute Gasteiger partial charge is 0.416 e. The van der Waals surface area contributed by atoms with Crippen LogP contribution in [-0.2, 0) is 15.7 Å². The van der Waals surface area contributed by atoms with Gasteiger partial charge in [-0.25, -0.2) is 4.79 Å². The molecule has 136 valence electrons. The minimum Gasteiger partial charge on any atom is -0.461 e.